The third-order valence-corrected chi connectivity index (χ3v) is 1.65. The Labute approximate surface area is 83.0 Å². The van der Waals surface area contributed by atoms with Gasteiger partial charge in [-0.15, -0.1) is 0 Å². The van der Waals surface area contributed by atoms with Gasteiger partial charge in [-0.1, -0.05) is 50.3 Å². The molecule has 0 nitrogen and oxygen atoms in total. The quantitative estimate of drug-likeness (QED) is 0.504. The van der Waals surface area contributed by atoms with Gasteiger partial charge >= 0.3 is 0 Å². The van der Waals surface area contributed by atoms with Crippen molar-refractivity contribution in [1.29, 1.82) is 0 Å². The Balaban J connectivity index is 3.26. The van der Waals surface area contributed by atoms with Crippen LogP contribution in [0.1, 0.15) is 39.0 Å². The van der Waals surface area contributed by atoms with Crippen LogP contribution in [0.4, 0.5) is 0 Å². The summed E-state index contributed by atoms with van der Waals surface area (Å²) >= 11 is 0. The third-order valence-electron chi connectivity index (χ3n) is 1.65. The van der Waals surface area contributed by atoms with Gasteiger partial charge in [0.15, 0.2) is 0 Å². The van der Waals surface area contributed by atoms with Gasteiger partial charge in [0, 0.05) is 0 Å². The number of hydrogen-bond donors (Lipinski definition) is 0. The van der Waals surface area contributed by atoms with E-state index >= 15 is 0 Å². The Kier molecular flexibility index (Phi) is 10.5. The van der Waals surface area contributed by atoms with Gasteiger partial charge in [-0.05, 0) is 32.1 Å². The van der Waals surface area contributed by atoms with E-state index in [-0.39, 0.29) is 0 Å². The smallest absolute Gasteiger partial charge is 0.0169 e. The SMILES string of the molecule is [CH2]CC/C=C/C/C=C/C/C=C/CC. The van der Waals surface area contributed by atoms with Crippen LogP contribution in [0.3, 0.4) is 0 Å². The van der Waals surface area contributed by atoms with E-state index < -0.39 is 0 Å². The van der Waals surface area contributed by atoms with Crippen molar-refractivity contribution in [1.82, 2.24) is 0 Å². The molecule has 0 saturated carbocycles. The van der Waals surface area contributed by atoms with Gasteiger partial charge in [0.05, 0.1) is 0 Å². The van der Waals surface area contributed by atoms with Crippen LogP contribution in [0, 0.1) is 6.92 Å². The van der Waals surface area contributed by atoms with Gasteiger partial charge in [0.2, 0.25) is 0 Å². The molecule has 0 spiro atoms. The zero-order valence-corrected chi connectivity index (χ0v) is 8.71. The molecule has 0 aliphatic heterocycles. The van der Waals surface area contributed by atoms with Crippen molar-refractivity contribution in [3.63, 3.8) is 0 Å². The normalized spacial score (nSPS) is 12.5. The average Bonchev–Trinajstić information content (AvgIpc) is 2.16. The average molecular weight is 177 g/mol. The van der Waals surface area contributed by atoms with Gasteiger partial charge in [0.1, 0.15) is 0 Å². The molecule has 0 atom stereocenters. The first-order valence-corrected chi connectivity index (χ1v) is 5.16. The lowest BCUT2D eigenvalue weighted by atomic mass is 10.2. The Morgan fingerprint density at radius 3 is 1.92 bits per heavy atom. The predicted octanol–water partition coefficient (Wildman–Crippen LogP) is 4.46. The molecule has 0 unspecified atom stereocenters. The van der Waals surface area contributed by atoms with Crippen molar-refractivity contribution in [2.24, 2.45) is 0 Å². The van der Waals surface area contributed by atoms with Crippen LogP contribution in [0.15, 0.2) is 36.5 Å². The van der Waals surface area contributed by atoms with E-state index in [1.807, 2.05) is 0 Å². The third kappa shape index (κ3) is 11.2. The molecule has 0 fully saturated rings. The lowest BCUT2D eigenvalue weighted by molar-refractivity contribution is 1.04. The second kappa shape index (κ2) is 11.2. The molecule has 0 saturated heterocycles. The molecule has 0 amide bonds. The molecule has 73 valence electrons. The second-order valence-corrected chi connectivity index (χ2v) is 2.94. The lowest BCUT2D eigenvalue weighted by Crippen LogP contribution is -1.63. The summed E-state index contributed by atoms with van der Waals surface area (Å²) in [5, 5.41) is 0. The molecule has 13 heavy (non-hydrogen) atoms. The maximum atomic E-state index is 3.77. The molecule has 0 aliphatic rings. The standard InChI is InChI=1S/C13H21/c1-3-5-7-9-11-13-12-10-8-6-4-2/h6-9,12-13H,1,3-5,10-11H2,2H3/b8-6+,9-7+,13-12+. The minimum atomic E-state index is 0.999. The van der Waals surface area contributed by atoms with Crippen molar-refractivity contribution in [2.45, 2.75) is 39.0 Å². The Hall–Kier alpha value is -0.780. The highest BCUT2D eigenvalue weighted by Gasteiger charge is 1.73. The number of unbranched alkanes of at least 4 members (excludes halogenated alkanes) is 1. The molecule has 0 heterocycles. The number of allylic oxidation sites excluding steroid dienone is 6. The van der Waals surface area contributed by atoms with Gasteiger partial charge in [-0.3, -0.25) is 0 Å². The molecular weight excluding hydrogens is 156 g/mol. The van der Waals surface area contributed by atoms with Crippen LogP contribution in [-0.2, 0) is 0 Å². The molecule has 1 radical (unpaired) electrons. The zero-order valence-electron chi connectivity index (χ0n) is 8.71. The van der Waals surface area contributed by atoms with E-state index in [9.17, 15) is 0 Å². The van der Waals surface area contributed by atoms with Crippen molar-refractivity contribution < 1.29 is 0 Å². The maximum absolute atomic E-state index is 3.77. The first kappa shape index (κ1) is 12.2. The summed E-state index contributed by atoms with van der Waals surface area (Å²) in [5.41, 5.74) is 0. The van der Waals surface area contributed by atoms with Crippen molar-refractivity contribution >= 4 is 0 Å². The van der Waals surface area contributed by atoms with E-state index in [0.717, 1.165) is 32.1 Å². The predicted molar refractivity (Wildman–Crippen MR) is 61.5 cm³/mol. The highest BCUT2D eigenvalue weighted by atomic mass is 13.8. The fourth-order valence-electron chi connectivity index (χ4n) is 0.944. The van der Waals surface area contributed by atoms with Crippen LogP contribution in [0.5, 0.6) is 0 Å². The maximum Gasteiger partial charge on any atom is -0.0169 e. The molecule has 0 aliphatic carbocycles. The molecule has 0 aromatic heterocycles. The summed E-state index contributed by atoms with van der Waals surface area (Å²) in [6, 6.07) is 0. The van der Waals surface area contributed by atoms with Gasteiger partial charge in [-0.2, -0.15) is 0 Å². The molecule has 0 rings (SSSR count). The summed E-state index contributed by atoms with van der Waals surface area (Å²) in [6.07, 6.45) is 18.6. The number of hydrogen-bond acceptors (Lipinski definition) is 0. The summed E-state index contributed by atoms with van der Waals surface area (Å²) < 4.78 is 0. The summed E-state index contributed by atoms with van der Waals surface area (Å²) in [6.45, 7) is 5.93. The fraction of sp³-hybridized carbons (Fsp3) is 0.462. The van der Waals surface area contributed by atoms with Gasteiger partial charge in [0.25, 0.3) is 0 Å². The second-order valence-electron chi connectivity index (χ2n) is 2.94. The molecule has 0 bridgehead atoms. The van der Waals surface area contributed by atoms with Crippen molar-refractivity contribution in [3.8, 4) is 0 Å². The van der Waals surface area contributed by atoms with Crippen LogP contribution in [0.2, 0.25) is 0 Å². The molecule has 0 heteroatoms. The highest BCUT2D eigenvalue weighted by Crippen LogP contribution is 1.94. The van der Waals surface area contributed by atoms with Gasteiger partial charge in [-0.25, -0.2) is 0 Å². The van der Waals surface area contributed by atoms with E-state index in [2.05, 4.69) is 50.3 Å². The van der Waals surface area contributed by atoms with Crippen LogP contribution in [-0.4, -0.2) is 0 Å². The molecular formula is C13H21. The summed E-state index contributed by atoms with van der Waals surface area (Å²) in [5.74, 6) is 0. The van der Waals surface area contributed by atoms with Crippen LogP contribution in [0.25, 0.3) is 0 Å². The highest BCUT2D eigenvalue weighted by molar-refractivity contribution is 4.96. The zero-order chi connectivity index (χ0) is 9.78. The largest absolute Gasteiger partial charge is 0.0885 e. The monoisotopic (exact) mass is 177 g/mol. The van der Waals surface area contributed by atoms with Gasteiger partial charge < -0.3 is 0 Å². The van der Waals surface area contributed by atoms with E-state index in [4.69, 9.17) is 0 Å². The minimum absolute atomic E-state index is 0.999. The summed E-state index contributed by atoms with van der Waals surface area (Å²) in [4.78, 5) is 0. The van der Waals surface area contributed by atoms with Crippen LogP contribution < -0.4 is 0 Å². The molecule has 0 aromatic rings. The Bertz CT molecular complexity index is 161. The first-order valence-electron chi connectivity index (χ1n) is 5.16. The van der Waals surface area contributed by atoms with Crippen molar-refractivity contribution in [2.75, 3.05) is 0 Å². The minimum Gasteiger partial charge on any atom is -0.0885 e. The Morgan fingerprint density at radius 2 is 1.38 bits per heavy atom. The summed E-state index contributed by atoms with van der Waals surface area (Å²) in [7, 11) is 0. The lowest BCUT2D eigenvalue weighted by Gasteiger charge is -1.84. The number of rotatable bonds is 7. The molecule has 0 N–H and O–H groups in total. The van der Waals surface area contributed by atoms with Crippen molar-refractivity contribution in [3.05, 3.63) is 43.4 Å². The van der Waals surface area contributed by atoms with E-state index in [1.54, 1.807) is 0 Å². The topological polar surface area (TPSA) is 0 Å². The first-order chi connectivity index (χ1) is 6.41. The van der Waals surface area contributed by atoms with E-state index in [0.29, 0.717) is 0 Å². The van der Waals surface area contributed by atoms with Crippen LogP contribution >= 0.6 is 0 Å². The Morgan fingerprint density at radius 1 is 0.846 bits per heavy atom. The molecule has 0 aromatic carbocycles. The van der Waals surface area contributed by atoms with E-state index in [1.165, 1.54) is 0 Å². The fourth-order valence-corrected chi connectivity index (χ4v) is 0.944.